The van der Waals surface area contributed by atoms with Crippen LogP contribution in [0.1, 0.15) is 20.3 Å². The highest BCUT2D eigenvalue weighted by Crippen LogP contribution is 2.20. The average Bonchev–Trinajstić information content (AvgIpc) is 2.47. The van der Waals surface area contributed by atoms with Gasteiger partial charge in [-0.2, -0.15) is 0 Å². The fraction of sp³-hybridized carbons (Fsp3) is 0.600. The molecular weight excluding hydrogens is 136 g/mol. The summed E-state index contributed by atoms with van der Waals surface area (Å²) < 4.78 is 5.34. The van der Waals surface area contributed by atoms with Gasteiger partial charge in [-0.15, -0.1) is 0 Å². The first-order valence-electron chi connectivity index (χ1n) is 4.28. The highest BCUT2D eigenvalue weighted by Gasteiger charge is 2.17. The predicted octanol–water partition coefficient (Wildman–Crippen LogP) is 2.55. The van der Waals surface area contributed by atoms with E-state index in [1.54, 1.807) is 0 Å². The van der Waals surface area contributed by atoms with E-state index >= 15 is 0 Å². The first-order chi connectivity index (χ1) is 5.38. The Morgan fingerprint density at radius 2 is 2.45 bits per heavy atom. The summed E-state index contributed by atoms with van der Waals surface area (Å²) in [6.07, 6.45) is 7.75. The highest BCUT2D eigenvalue weighted by atomic mass is 16.5. The summed E-state index contributed by atoms with van der Waals surface area (Å²) in [7, 11) is 0. The molecule has 0 saturated carbocycles. The molecule has 0 N–H and O–H groups in total. The topological polar surface area (TPSA) is 9.23 Å². The fourth-order valence-electron chi connectivity index (χ4n) is 1.29. The van der Waals surface area contributed by atoms with E-state index in [1.165, 1.54) is 5.57 Å². The predicted molar refractivity (Wildman–Crippen MR) is 47.5 cm³/mol. The lowest BCUT2D eigenvalue weighted by Gasteiger charge is -2.01. The van der Waals surface area contributed by atoms with E-state index in [4.69, 9.17) is 4.74 Å². The second kappa shape index (κ2) is 4.35. The van der Waals surface area contributed by atoms with Crippen molar-refractivity contribution in [2.45, 2.75) is 20.3 Å². The standard InChI is InChI=1S/C10H16O/c1-3-5-6-10-8-11-7-9(10)4-2/h4-6,10H,3,7-8H2,1-2H3/b6-5+,9-4+/t10-/m1/s1. The lowest BCUT2D eigenvalue weighted by atomic mass is 10.0. The zero-order valence-electron chi connectivity index (χ0n) is 7.34. The molecule has 1 heterocycles. The Kier molecular flexibility index (Phi) is 3.37. The van der Waals surface area contributed by atoms with Gasteiger partial charge in [-0.05, 0) is 18.9 Å². The van der Waals surface area contributed by atoms with Gasteiger partial charge in [0.05, 0.1) is 13.2 Å². The summed E-state index contributed by atoms with van der Waals surface area (Å²) >= 11 is 0. The van der Waals surface area contributed by atoms with E-state index in [0.29, 0.717) is 5.92 Å². The molecule has 1 saturated heterocycles. The Balaban J connectivity index is 2.50. The van der Waals surface area contributed by atoms with Gasteiger partial charge >= 0.3 is 0 Å². The number of allylic oxidation sites excluding steroid dienone is 2. The molecule has 0 radical (unpaired) electrons. The number of hydrogen-bond donors (Lipinski definition) is 0. The van der Waals surface area contributed by atoms with Crippen LogP contribution in [0.25, 0.3) is 0 Å². The monoisotopic (exact) mass is 152 g/mol. The lowest BCUT2D eigenvalue weighted by Crippen LogP contribution is -1.96. The van der Waals surface area contributed by atoms with Crippen LogP contribution in [-0.2, 0) is 4.74 Å². The molecule has 1 aliphatic heterocycles. The molecule has 11 heavy (non-hydrogen) atoms. The Hall–Kier alpha value is -0.560. The molecule has 1 fully saturated rings. The molecule has 0 amide bonds. The van der Waals surface area contributed by atoms with E-state index in [1.807, 2.05) is 0 Å². The van der Waals surface area contributed by atoms with Gasteiger partial charge in [-0.1, -0.05) is 25.2 Å². The van der Waals surface area contributed by atoms with E-state index in [9.17, 15) is 0 Å². The van der Waals surface area contributed by atoms with E-state index in [-0.39, 0.29) is 0 Å². The summed E-state index contributed by atoms with van der Waals surface area (Å²) in [4.78, 5) is 0. The third kappa shape index (κ3) is 2.19. The smallest absolute Gasteiger partial charge is 0.0683 e. The van der Waals surface area contributed by atoms with Crippen molar-refractivity contribution in [2.75, 3.05) is 13.2 Å². The molecule has 0 unspecified atom stereocenters. The largest absolute Gasteiger partial charge is 0.376 e. The van der Waals surface area contributed by atoms with Crippen molar-refractivity contribution in [3.63, 3.8) is 0 Å². The van der Waals surface area contributed by atoms with E-state index in [2.05, 4.69) is 32.1 Å². The molecule has 0 aromatic rings. The van der Waals surface area contributed by atoms with Gasteiger partial charge in [-0.3, -0.25) is 0 Å². The number of ether oxygens (including phenoxy) is 1. The van der Waals surface area contributed by atoms with Crippen molar-refractivity contribution in [3.8, 4) is 0 Å². The van der Waals surface area contributed by atoms with Crippen LogP contribution in [0.5, 0.6) is 0 Å². The van der Waals surface area contributed by atoms with Crippen LogP contribution in [0.4, 0.5) is 0 Å². The molecule has 1 heteroatoms. The SMILES string of the molecule is C/C=C1\COC[C@H]1/C=C/CC. The first-order valence-corrected chi connectivity index (χ1v) is 4.28. The van der Waals surface area contributed by atoms with E-state index in [0.717, 1.165) is 19.6 Å². The summed E-state index contributed by atoms with van der Waals surface area (Å²) in [6.45, 7) is 5.93. The third-order valence-electron chi connectivity index (χ3n) is 2.02. The molecule has 0 spiro atoms. The zero-order valence-corrected chi connectivity index (χ0v) is 7.34. The van der Waals surface area contributed by atoms with Crippen LogP contribution in [0.15, 0.2) is 23.8 Å². The zero-order chi connectivity index (χ0) is 8.10. The minimum absolute atomic E-state index is 0.556. The molecule has 1 nitrogen and oxygen atoms in total. The summed E-state index contributed by atoms with van der Waals surface area (Å²) in [5.41, 5.74) is 1.43. The Morgan fingerprint density at radius 1 is 1.64 bits per heavy atom. The van der Waals surface area contributed by atoms with E-state index < -0.39 is 0 Å². The molecule has 0 aromatic carbocycles. The van der Waals surface area contributed by atoms with Crippen molar-refractivity contribution in [2.24, 2.45) is 5.92 Å². The summed E-state index contributed by atoms with van der Waals surface area (Å²) in [5, 5.41) is 0. The lowest BCUT2D eigenvalue weighted by molar-refractivity contribution is 0.195. The minimum atomic E-state index is 0.556. The average molecular weight is 152 g/mol. The Morgan fingerprint density at radius 3 is 3.09 bits per heavy atom. The van der Waals surface area contributed by atoms with Crippen molar-refractivity contribution in [3.05, 3.63) is 23.8 Å². The third-order valence-corrected chi connectivity index (χ3v) is 2.02. The van der Waals surface area contributed by atoms with Crippen LogP contribution in [0.3, 0.4) is 0 Å². The number of rotatable bonds is 2. The first kappa shape index (κ1) is 8.54. The van der Waals surface area contributed by atoms with Crippen LogP contribution >= 0.6 is 0 Å². The highest BCUT2D eigenvalue weighted by molar-refractivity contribution is 5.16. The van der Waals surface area contributed by atoms with Crippen molar-refractivity contribution < 1.29 is 4.74 Å². The van der Waals surface area contributed by atoms with Crippen LogP contribution < -0.4 is 0 Å². The number of hydrogen-bond acceptors (Lipinski definition) is 1. The molecular formula is C10H16O. The fourth-order valence-corrected chi connectivity index (χ4v) is 1.29. The normalized spacial score (nSPS) is 28.9. The van der Waals surface area contributed by atoms with Crippen LogP contribution in [0, 0.1) is 5.92 Å². The molecule has 1 aliphatic rings. The van der Waals surface area contributed by atoms with Crippen molar-refractivity contribution >= 4 is 0 Å². The van der Waals surface area contributed by atoms with Gasteiger partial charge in [0.1, 0.15) is 0 Å². The summed E-state index contributed by atoms with van der Waals surface area (Å²) in [6, 6.07) is 0. The van der Waals surface area contributed by atoms with Crippen LogP contribution in [-0.4, -0.2) is 13.2 Å². The maximum absolute atomic E-state index is 5.34. The van der Waals surface area contributed by atoms with Gasteiger partial charge in [0, 0.05) is 5.92 Å². The molecule has 0 bridgehead atoms. The second-order valence-corrected chi connectivity index (χ2v) is 2.82. The molecule has 62 valence electrons. The Labute approximate surface area is 68.8 Å². The molecule has 0 aliphatic carbocycles. The van der Waals surface area contributed by atoms with Gasteiger partial charge in [0.2, 0.25) is 0 Å². The quantitative estimate of drug-likeness (QED) is 0.552. The van der Waals surface area contributed by atoms with Crippen LogP contribution in [0.2, 0.25) is 0 Å². The maximum atomic E-state index is 5.34. The molecule has 1 rings (SSSR count). The maximum Gasteiger partial charge on any atom is 0.0683 e. The van der Waals surface area contributed by atoms with Gasteiger partial charge in [0.15, 0.2) is 0 Å². The molecule has 1 atom stereocenters. The van der Waals surface area contributed by atoms with Gasteiger partial charge < -0.3 is 4.74 Å². The molecule has 0 aromatic heterocycles. The second-order valence-electron chi connectivity index (χ2n) is 2.82. The van der Waals surface area contributed by atoms with Gasteiger partial charge in [-0.25, -0.2) is 0 Å². The van der Waals surface area contributed by atoms with Crippen molar-refractivity contribution in [1.82, 2.24) is 0 Å². The summed E-state index contributed by atoms with van der Waals surface area (Å²) in [5.74, 6) is 0.556. The Bertz CT molecular complexity index is 168. The van der Waals surface area contributed by atoms with Gasteiger partial charge in [0.25, 0.3) is 0 Å². The van der Waals surface area contributed by atoms with Crippen molar-refractivity contribution in [1.29, 1.82) is 0 Å². The minimum Gasteiger partial charge on any atom is -0.376 e.